The lowest BCUT2D eigenvalue weighted by molar-refractivity contribution is -0.119. The summed E-state index contributed by atoms with van der Waals surface area (Å²) in [5, 5.41) is 6.94. The van der Waals surface area contributed by atoms with Crippen molar-refractivity contribution in [3.63, 3.8) is 0 Å². The number of nitrogens with zero attached hydrogens (tertiary/aromatic N) is 2. The first-order valence-electron chi connectivity index (χ1n) is 7.88. The molecule has 0 radical (unpaired) electrons. The lowest BCUT2D eigenvalue weighted by Gasteiger charge is -2.13. The van der Waals surface area contributed by atoms with Gasteiger partial charge in [0.2, 0.25) is 5.91 Å². The molecule has 0 saturated carbocycles. The van der Waals surface area contributed by atoms with Gasteiger partial charge in [-0.15, -0.1) is 0 Å². The van der Waals surface area contributed by atoms with Crippen molar-refractivity contribution in [3.05, 3.63) is 67.0 Å². The van der Waals surface area contributed by atoms with Crippen molar-refractivity contribution < 1.29 is 14.3 Å². The normalized spacial score (nSPS) is 11.6. The molecule has 0 aliphatic rings. The van der Waals surface area contributed by atoms with Crippen LogP contribution in [-0.2, 0) is 4.79 Å². The van der Waals surface area contributed by atoms with Gasteiger partial charge in [0, 0.05) is 18.1 Å². The molecule has 128 valence electrons. The summed E-state index contributed by atoms with van der Waals surface area (Å²) in [4.78, 5) is 12.3. The predicted octanol–water partition coefficient (Wildman–Crippen LogP) is 3.88. The van der Waals surface area contributed by atoms with Gasteiger partial charge in [-0.25, -0.2) is 0 Å². The number of nitrogens with one attached hydrogen (secondary N) is 1. The van der Waals surface area contributed by atoms with Crippen molar-refractivity contribution in [1.29, 1.82) is 0 Å². The molecule has 1 heterocycles. The highest BCUT2D eigenvalue weighted by atomic mass is 16.5. The fraction of sp³-hybridized carbons (Fsp3) is 0.158. The molecule has 1 atom stereocenters. The van der Waals surface area contributed by atoms with Gasteiger partial charge in [0.1, 0.15) is 11.8 Å². The van der Waals surface area contributed by atoms with Crippen LogP contribution in [0.25, 0.3) is 0 Å². The third-order valence-electron chi connectivity index (χ3n) is 3.72. The zero-order chi connectivity index (χ0) is 17.6. The number of aromatic nitrogens is 2. The van der Waals surface area contributed by atoms with Crippen molar-refractivity contribution in [2.45, 2.75) is 13.0 Å². The van der Waals surface area contributed by atoms with Crippen LogP contribution in [0.1, 0.15) is 13.0 Å². The fourth-order valence-electron chi connectivity index (χ4n) is 2.31. The maximum Gasteiger partial charge on any atom is 0.248 e. The fourth-order valence-corrected chi connectivity index (χ4v) is 2.31. The van der Waals surface area contributed by atoms with Crippen LogP contribution >= 0.6 is 0 Å². The topological polar surface area (TPSA) is 65.4 Å². The summed E-state index contributed by atoms with van der Waals surface area (Å²) in [6.45, 7) is 1.79. The van der Waals surface area contributed by atoms with E-state index < -0.39 is 0 Å². The highest BCUT2D eigenvalue weighted by Crippen LogP contribution is 2.31. The van der Waals surface area contributed by atoms with Crippen LogP contribution in [0.2, 0.25) is 0 Å². The second-order valence-corrected chi connectivity index (χ2v) is 5.43. The van der Waals surface area contributed by atoms with Crippen molar-refractivity contribution in [1.82, 2.24) is 9.78 Å². The second kappa shape index (κ2) is 7.53. The van der Waals surface area contributed by atoms with E-state index >= 15 is 0 Å². The van der Waals surface area contributed by atoms with Gasteiger partial charge in [-0.05, 0) is 49.4 Å². The van der Waals surface area contributed by atoms with Crippen LogP contribution in [0.5, 0.6) is 17.2 Å². The number of rotatable bonds is 6. The molecule has 0 fully saturated rings. The number of hydrogen-bond acceptors (Lipinski definition) is 4. The molecular weight excluding hydrogens is 318 g/mol. The van der Waals surface area contributed by atoms with E-state index in [1.54, 1.807) is 61.4 Å². The van der Waals surface area contributed by atoms with Crippen LogP contribution in [0, 0.1) is 0 Å². The Bertz CT molecular complexity index is 829. The van der Waals surface area contributed by atoms with Gasteiger partial charge in [-0.2, -0.15) is 5.10 Å². The summed E-state index contributed by atoms with van der Waals surface area (Å²) in [7, 11) is 1.60. The number of methoxy groups -OCH3 is 1. The first-order valence-corrected chi connectivity index (χ1v) is 7.88. The molecule has 2 aromatic carbocycles. The van der Waals surface area contributed by atoms with E-state index in [9.17, 15) is 4.79 Å². The minimum atomic E-state index is -0.389. The zero-order valence-corrected chi connectivity index (χ0v) is 14.0. The van der Waals surface area contributed by atoms with Crippen LogP contribution in [0.15, 0.2) is 67.0 Å². The molecule has 1 unspecified atom stereocenters. The molecule has 3 rings (SSSR count). The monoisotopic (exact) mass is 337 g/mol. The maximum atomic E-state index is 12.3. The number of carbonyl (C=O) groups is 1. The van der Waals surface area contributed by atoms with Gasteiger partial charge in [-0.3, -0.25) is 9.48 Å². The lowest BCUT2D eigenvalue weighted by Crippen LogP contribution is -2.23. The number of carbonyl (C=O) groups excluding carboxylic acids is 1. The second-order valence-electron chi connectivity index (χ2n) is 5.43. The number of hydrogen-bond donors (Lipinski definition) is 1. The Morgan fingerprint density at radius 1 is 1.08 bits per heavy atom. The maximum absolute atomic E-state index is 12.3. The molecule has 3 aromatic rings. The molecule has 0 spiro atoms. The number of ether oxygens (including phenoxy) is 2. The standard InChI is InChI=1S/C19H19N3O3/c1-14(22-13-5-12-20-22)19(23)21-15-8-10-16(11-9-15)25-18-7-4-3-6-17(18)24-2/h3-14H,1-2H3,(H,21,23). The Morgan fingerprint density at radius 2 is 1.80 bits per heavy atom. The quantitative estimate of drug-likeness (QED) is 0.741. The molecule has 1 amide bonds. The largest absolute Gasteiger partial charge is 0.493 e. The average molecular weight is 337 g/mol. The summed E-state index contributed by atoms with van der Waals surface area (Å²) in [5.74, 6) is 1.81. The summed E-state index contributed by atoms with van der Waals surface area (Å²) in [6, 6.07) is 16.0. The molecule has 25 heavy (non-hydrogen) atoms. The molecular formula is C19H19N3O3. The van der Waals surface area contributed by atoms with Gasteiger partial charge in [0.05, 0.1) is 7.11 Å². The highest BCUT2D eigenvalue weighted by Gasteiger charge is 2.15. The molecule has 0 aliphatic heterocycles. The van der Waals surface area contributed by atoms with Crippen LogP contribution in [0.3, 0.4) is 0 Å². The van der Waals surface area contributed by atoms with Crippen molar-refractivity contribution in [2.75, 3.05) is 12.4 Å². The average Bonchev–Trinajstić information content (AvgIpc) is 3.18. The smallest absolute Gasteiger partial charge is 0.248 e. The van der Waals surface area contributed by atoms with Crippen molar-refractivity contribution in [3.8, 4) is 17.2 Å². The third kappa shape index (κ3) is 3.98. The number of anilines is 1. The van der Waals surface area contributed by atoms with E-state index in [2.05, 4.69) is 10.4 Å². The summed E-state index contributed by atoms with van der Waals surface area (Å²) < 4.78 is 12.7. The minimum Gasteiger partial charge on any atom is -0.493 e. The van der Waals surface area contributed by atoms with E-state index in [1.165, 1.54) is 0 Å². The summed E-state index contributed by atoms with van der Waals surface area (Å²) in [6.07, 6.45) is 3.40. The zero-order valence-electron chi connectivity index (χ0n) is 14.0. The van der Waals surface area contributed by atoms with E-state index in [4.69, 9.17) is 9.47 Å². The summed E-state index contributed by atoms with van der Waals surface area (Å²) in [5.41, 5.74) is 0.691. The summed E-state index contributed by atoms with van der Waals surface area (Å²) >= 11 is 0. The Morgan fingerprint density at radius 3 is 2.44 bits per heavy atom. The number of amides is 1. The number of benzene rings is 2. The van der Waals surface area contributed by atoms with Gasteiger partial charge in [-0.1, -0.05) is 12.1 Å². The van der Waals surface area contributed by atoms with Crippen molar-refractivity contribution in [2.24, 2.45) is 0 Å². The Balaban J connectivity index is 1.65. The first kappa shape index (κ1) is 16.6. The van der Waals surface area contributed by atoms with Crippen LogP contribution < -0.4 is 14.8 Å². The number of para-hydroxylation sites is 2. The van der Waals surface area contributed by atoms with Gasteiger partial charge < -0.3 is 14.8 Å². The van der Waals surface area contributed by atoms with Crippen LogP contribution in [-0.4, -0.2) is 22.8 Å². The molecule has 0 bridgehead atoms. The van der Waals surface area contributed by atoms with E-state index in [0.717, 1.165) is 0 Å². The Labute approximate surface area is 146 Å². The molecule has 1 N–H and O–H groups in total. The molecule has 0 aliphatic carbocycles. The Kier molecular flexibility index (Phi) is 4.99. The SMILES string of the molecule is COc1ccccc1Oc1ccc(NC(=O)C(C)n2cccn2)cc1. The molecule has 0 saturated heterocycles. The van der Waals surface area contributed by atoms with E-state index in [-0.39, 0.29) is 11.9 Å². The van der Waals surface area contributed by atoms with E-state index in [0.29, 0.717) is 22.9 Å². The van der Waals surface area contributed by atoms with Gasteiger partial charge in [0.15, 0.2) is 11.5 Å². The van der Waals surface area contributed by atoms with E-state index in [1.807, 2.05) is 24.3 Å². The van der Waals surface area contributed by atoms with Crippen molar-refractivity contribution >= 4 is 11.6 Å². The molecule has 6 nitrogen and oxygen atoms in total. The molecule has 1 aromatic heterocycles. The van der Waals surface area contributed by atoms with Gasteiger partial charge in [0.25, 0.3) is 0 Å². The Hall–Kier alpha value is -3.28. The minimum absolute atomic E-state index is 0.137. The lowest BCUT2D eigenvalue weighted by atomic mass is 10.2. The van der Waals surface area contributed by atoms with Crippen LogP contribution in [0.4, 0.5) is 5.69 Å². The van der Waals surface area contributed by atoms with Gasteiger partial charge >= 0.3 is 0 Å². The predicted molar refractivity (Wildman–Crippen MR) is 95.1 cm³/mol. The third-order valence-corrected chi connectivity index (χ3v) is 3.72. The first-order chi connectivity index (χ1) is 12.2. The highest BCUT2D eigenvalue weighted by molar-refractivity contribution is 5.93. The molecule has 6 heteroatoms.